The zero-order chi connectivity index (χ0) is 9.19. The van der Waals surface area contributed by atoms with Gasteiger partial charge in [0, 0.05) is 5.41 Å². The molecule has 1 aliphatic rings. The Morgan fingerprint density at radius 2 is 2.25 bits per heavy atom. The van der Waals surface area contributed by atoms with Gasteiger partial charge in [0.05, 0.1) is 12.9 Å². The van der Waals surface area contributed by atoms with Crippen LogP contribution in [0.1, 0.15) is 0 Å². The number of ether oxygens (including phenoxy) is 2. The number of rotatable bonds is 1. The van der Waals surface area contributed by atoms with Crippen LogP contribution < -0.4 is 0 Å². The zero-order valence-corrected chi connectivity index (χ0v) is 7.21. The van der Waals surface area contributed by atoms with E-state index >= 15 is 0 Å². The fourth-order valence-electron chi connectivity index (χ4n) is 0.792. The molecule has 0 N–H and O–H groups in total. The Labute approximate surface area is 69.9 Å². The van der Waals surface area contributed by atoms with E-state index in [1.165, 1.54) is 6.08 Å². The smallest absolute Gasteiger partial charge is 0.438 e. The Morgan fingerprint density at radius 3 is 2.67 bits per heavy atom. The number of hydrogen-bond acceptors (Lipinski definition) is 5. The van der Waals surface area contributed by atoms with Gasteiger partial charge in [-0.2, -0.15) is 0 Å². The minimum atomic E-state index is -3.16. The molecule has 1 heterocycles. The Bertz CT molecular complexity index is 302. The van der Waals surface area contributed by atoms with Crippen LogP contribution in [0.5, 0.6) is 0 Å². The molecule has 0 aromatic rings. The van der Waals surface area contributed by atoms with E-state index in [0.717, 1.165) is 12.5 Å². The molecule has 5 nitrogen and oxygen atoms in total. The molecule has 0 fully saturated rings. The molecule has 1 rings (SSSR count). The van der Waals surface area contributed by atoms with Crippen molar-refractivity contribution in [1.29, 1.82) is 0 Å². The largest absolute Gasteiger partial charge is 0.508 e. The van der Waals surface area contributed by atoms with Gasteiger partial charge >= 0.3 is 6.16 Å². The highest BCUT2D eigenvalue weighted by Gasteiger charge is 2.24. The maximum atomic E-state index is 10.8. The van der Waals surface area contributed by atoms with E-state index in [4.69, 9.17) is 0 Å². The third kappa shape index (κ3) is 2.23. The molecule has 1 atom stereocenters. The van der Waals surface area contributed by atoms with Crippen LogP contribution in [0.3, 0.4) is 0 Å². The molecule has 0 amide bonds. The van der Waals surface area contributed by atoms with E-state index in [-0.39, 0.29) is 5.75 Å². The van der Waals surface area contributed by atoms with Crippen LogP contribution in [-0.4, -0.2) is 33.5 Å². The summed E-state index contributed by atoms with van der Waals surface area (Å²) in [6, 6.07) is 0. The van der Waals surface area contributed by atoms with Gasteiger partial charge in [-0.1, -0.05) is 0 Å². The van der Waals surface area contributed by atoms with Gasteiger partial charge in [-0.05, 0) is 6.08 Å². The van der Waals surface area contributed by atoms with Gasteiger partial charge in [-0.15, -0.1) is 0 Å². The molecule has 0 spiro atoms. The maximum absolute atomic E-state index is 10.8. The Balaban J connectivity index is 2.51. The van der Waals surface area contributed by atoms with E-state index in [1.54, 1.807) is 0 Å². The van der Waals surface area contributed by atoms with Gasteiger partial charge < -0.3 is 9.47 Å². The summed E-state index contributed by atoms with van der Waals surface area (Å²) in [6.07, 6.45) is -0.268. The highest BCUT2D eigenvalue weighted by atomic mass is 32.2. The van der Waals surface area contributed by atoms with Gasteiger partial charge in [0.25, 0.3) is 0 Å². The zero-order valence-electron chi connectivity index (χ0n) is 6.39. The molecule has 12 heavy (non-hydrogen) atoms. The quantitative estimate of drug-likeness (QED) is 0.550. The molecule has 0 saturated heterocycles. The lowest BCUT2D eigenvalue weighted by Crippen LogP contribution is -2.19. The van der Waals surface area contributed by atoms with Crippen molar-refractivity contribution in [3.05, 3.63) is 11.5 Å². The number of hydrogen-bond donors (Lipinski definition) is 0. The van der Waals surface area contributed by atoms with Crippen LogP contribution >= 0.6 is 0 Å². The average molecular weight is 192 g/mol. The molecule has 1 aliphatic heterocycles. The average Bonchev–Trinajstić information content (AvgIpc) is 2.30. The minimum Gasteiger partial charge on any atom is -0.438 e. The first kappa shape index (κ1) is 9.05. The van der Waals surface area contributed by atoms with Crippen molar-refractivity contribution in [3.63, 3.8) is 0 Å². The van der Waals surface area contributed by atoms with Gasteiger partial charge in [0.1, 0.15) is 6.10 Å². The second-order valence-corrected chi connectivity index (χ2v) is 4.20. The fraction of sp³-hybridized carbons (Fsp3) is 0.500. The molecular formula is C6H8O5S. The molecular weight excluding hydrogens is 184 g/mol. The summed E-state index contributed by atoms with van der Waals surface area (Å²) < 4.78 is 30.3. The maximum Gasteiger partial charge on any atom is 0.508 e. The first-order valence-corrected chi connectivity index (χ1v) is 4.90. The van der Waals surface area contributed by atoms with Crippen molar-refractivity contribution in [2.75, 3.05) is 12.9 Å². The van der Waals surface area contributed by atoms with Gasteiger partial charge in [-0.25, -0.2) is 13.2 Å². The highest BCUT2D eigenvalue weighted by Crippen LogP contribution is 2.11. The van der Waals surface area contributed by atoms with E-state index in [1.807, 2.05) is 0 Å². The third-order valence-electron chi connectivity index (χ3n) is 1.31. The molecule has 6 heteroatoms. The van der Waals surface area contributed by atoms with E-state index in [2.05, 4.69) is 9.47 Å². The molecule has 0 aromatic carbocycles. The third-order valence-corrected chi connectivity index (χ3v) is 2.68. The molecule has 0 unspecified atom stereocenters. The Kier molecular flexibility index (Phi) is 2.37. The molecule has 0 bridgehead atoms. The second-order valence-electron chi connectivity index (χ2n) is 2.27. The van der Waals surface area contributed by atoms with Crippen LogP contribution in [0.4, 0.5) is 4.79 Å². The standard InChI is InChI=1S/C6H8O5S/c1-10-6(7)11-5-2-3-12(8,9)4-5/h2-3,5H,4H2,1H3/t5-/m1/s1. The summed E-state index contributed by atoms with van der Waals surface area (Å²) >= 11 is 0. The normalized spacial score (nSPS) is 25.2. The fourth-order valence-corrected chi connectivity index (χ4v) is 1.96. The predicted molar refractivity (Wildman–Crippen MR) is 40.2 cm³/mol. The summed E-state index contributed by atoms with van der Waals surface area (Å²) in [5, 5.41) is 1.03. The predicted octanol–water partition coefficient (Wildman–Crippen LogP) is 0.0801. The lowest BCUT2D eigenvalue weighted by molar-refractivity contribution is 0.0594. The first-order valence-electron chi connectivity index (χ1n) is 3.19. The van der Waals surface area contributed by atoms with Gasteiger partial charge in [-0.3, -0.25) is 0 Å². The Morgan fingerprint density at radius 1 is 1.58 bits per heavy atom. The van der Waals surface area contributed by atoms with Gasteiger partial charge in [0.15, 0.2) is 9.84 Å². The topological polar surface area (TPSA) is 69.7 Å². The molecule has 0 aliphatic carbocycles. The summed E-state index contributed by atoms with van der Waals surface area (Å²) in [4.78, 5) is 10.5. The Hall–Kier alpha value is -1.04. The van der Waals surface area contributed by atoms with Crippen molar-refractivity contribution in [2.45, 2.75) is 6.10 Å². The number of sulfone groups is 1. The van der Waals surface area contributed by atoms with Crippen molar-refractivity contribution < 1.29 is 22.7 Å². The van der Waals surface area contributed by atoms with Crippen LogP contribution in [0.25, 0.3) is 0 Å². The molecule has 0 aromatic heterocycles. The summed E-state index contributed by atoms with van der Waals surface area (Å²) in [6.45, 7) is 0. The first-order chi connectivity index (χ1) is 5.53. The van der Waals surface area contributed by atoms with Crippen LogP contribution in [0.2, 0.25) is 0 Å². The minimum absolute atomic E-state index is 0.192. The number of carbonyl (C=O) groups excluding carboxylic acids is 1. The van der Waals surface area contributed by atoms with E-state index in [0.29, 0.717) is 0 Å². The van der Waals surface area contributed by atoms with E-state index in [9.17, 15) is 13.2 Å². The number of methoxy groups -OCH3 is 1. The monoisotopic (exact) mass is 192 g/mol. The molecule has 68 valence electrons. The number of carbonyl (C=O) groups is 1. The lowest BCUT2D eigenvalue weighted by Gasteiger charge is -2.06. The van der Waals surface area contributed by atoms with Crippen molar-refractivity contribution in [2.24, 2.45) is 0 Å². The summed E-state index contributed by atoms with van der Waals surface area (Å²) in [5.74, 6) is -0.192. The summed E-state index contributed by atoms with van der Waals surface area (Å²) in [5.41, 5.74) is 0. The second kappa shape index (κ2) is 3.14. The van der Waals surface area contributed by atoms with Crippen molar-refractivity contribution in [3.8, 4) is 0 Å². The molecule has 0 saturated carbocycles. The van der Waals surface area contributed by atoms with E-state index < -0.39 is 22.1 Å². The summed E-state index contributed by atoms with van der Waals surface area (Å²) in [7, 11) is -2.00. The van der Waals surface area contributed by atoms with Crippen LogP contribution in [0, 0.1) is 0 Å². The molecule has 0 radical (unpaired) electrons. The van der Waals surface area contributed by atoms with Crippen LogP contribution in [-0.2, 0) is 19.3 Å². The highest BCUT2D eigenvalue weighted by molar-refractivity contribution is 7.94. The van der Waals surface area contributed by atoms with Crippen molar-refractivity contribution >= 4 is 16.0 Å². The van der Waals surface area contributed by atoms with Gasteiger partial charge in [0.2, 0.25) is 0 Å². The van der Waals surface area contributed by atoms with Crippen LogP contribution in [0.15, 0.2) is 11.5 Å². The lowest BCUT2D eigenvalue weighted by atomic mass is 10.4. The SMILES string of the molecule is COC(=O)O[C@@H]1C=CS(=O)(=O)C1. The van der Waals surface area contributed by atoms with Crippen molar-refractivity contribution in [1.82, 2.24) is 0 Å².